The first-order chi connectivity index (χ1) is 9.04. The maximum Gasteiger partial charge on any atom is 0.405 e. The van der Waals surface area contributed by atoms with Crippen molar-refractivity contribution in [2.75, 3.05) is 11.4 Å². The second-order valence-corrected chi connectivity index (χ2v) is 4.29. The van der Waals surface area contributed by atoms with Crippen molar-refractivity contribution in [3.05, 3.63) is 66.2 Å². The summed E-state index contributed by atoms with van der Waals surface area (Å²) in [7, 11) is 0. The lowest BCUT2D eigenvalue weighted by Crippen LogP contribution is -2.33. The molecule has 0 fully saturated rings. The zero-order valence-corrected chi connectivity index (χ0v) is 10.3. The van der Waals surface area contributed by atoms with Gasteiger partial charge in [0.05, 0.1) is 0 Å². The number of rotatable bonds is 4. The Balaban J connectivity index is 2.20. The maximum atomic E-state index is 12.7. The Morgan fingerprint density at radius 3 is 1.84 bits per heavy atom. The van der Waals surface area contributed by atoms with Crippen molar-refractivity contribution >= 4 is 5.69 Å². The largest absolute Gasteiger partial charge is 0.405 e. The molecule has 0 amide bonds. The first kappa shape index (κ1) is 13.5. The number of benzene rings is 2. The molecule has 0 N–H and O–H groups in total. The molecule has 0 aliphatic rings. The quantitative estimate of drug-likeness (QED) is 0.798. The molecular weight excluding hydrogens is 251 g/mol. The Morgan fingerprint density at radius 1 is 0.789 bits per heavy atom. The molecule has 0 bridgehead atoms. The van der Waals surface area contributed by atoms with Crippen LogP contribution in [-0.2, 0) is 6.54 Å². The summed E-state index contributed by atoms with van der Waals surface area (Å²) in [6, 6.07) is 17.8. The highest BCUT2D eigenvalue weighted by atomic mass is 19.4. The molecule has 0 saturated carbocycles. The van der Waals surface area contributed by atoms with E-state index in [-0.39, 0.29) is 6.54 Å². The normalized spacial score (nSPS) is 11.3. The summed E-state index contributed by atoms with van der Waals surface area (Å²) in [5.74, 6) is 0. The van der Waals surface area contributed by atoms with Gasteiger partial charge in [-0.3, -0.25) is 0 Å². The average Bonchev–Trinajstić information content (AvgIpc) is 2.39. The number of alkyl halides is 3. The summed E-state index contributed by atoms with van der Waals surface area (Å²) >= 11 is 0. The average molecular weight is 265 g/mol. The Morgan fingerprint density at radius 2 is 1.32 bits per heavy atom. The van der Waals surface area contributed by atoms with Gasteiger partial charge >= 0.3 is 6.18 Å². The minimum atomic E-state index is -4.22. The molecule has 1 nitrogen and oxygen atoms in total. The first-order valence-corrected chi connectivity index (χ1v) is 5.95. The van der Waals surface area contributed by atoms with Crippen LogP contribution < -0.4 is 4.90 Å². The third-order valence-electron chi connectivity index (χ3n) is 2.71. The Labute approximate surface area is 110 Å². The van der Waals surface area contributed by atoms with Crippen molar-refractivity contribution in [1.82, 2.24) is 0 Å². The second kappa shape index (κ2) is 5.78. The summed E-state index contributed by atoms with van der Waals surface area (Å²) in [6.45, 7) is -0.712. The molecule has 100 valence electrons. The summed E-state index contributed by atoms with van der Waals surface area (Å²) in [4.78, 5) is 1.33. The number of para-hydroxylation sites is 1. The zero-order chi connectivity index (χ0) is 13.7. The summed E-state index contributed by atoms with van der Waals surface area (Å²) in [5.41, 5.74) is 1.43. The lowest BCUT2D eigenvalue weighted by atomic mass is 10.2. The maximum absolute atomic E-state index is 12.7. The molecule has 0 radical (unpaired) electrons. The van der Waals surface area contributed by atoms with Crippen LogP contribution >= 0.6 is 0 Å². The number of anilines is 1. The predicted octanol–water partition coefficient (Wildman–Crippen LogP) is 4.26. The van der Waals surface area contributed by atoms with Crippen LogP contribution in [0.1, 0.15) is 5.56 Å². The first-order valence-electron chi connectivity index (χ1n) is 5.95. The van der Waals surface area contributed by atoms with Gasteiger partial charge in [-0.25, -0.2) is 0 Å². The molecule has 0 unspecified atom stereocenters. The van der Waals surface area contributed by atoms with Crippen LogP contribution in [0.25, 0.3) is 0 Å². The van der Waals surface area contributed by atoms with Crippen LogP contribution in [0.3, 0.4) is 0 Å². The molecule has 19 heavy (non-hydrogen) atoms. The van der Waals surface area contributed by atoms with Crippen molar-refractivity contribution in [3.63, 3.8) is 0 Å². The fourth-order valence-corrected chi connectivity index (χ4v) is 1.90. The van der Waals surface area contributed by atoms with Gasteiger partial charge in [0.15, 0.2) is 0 Å². The fraction of sp³-hybridized carbons (Fsp3) is 0.200. The van der Waals surface area contributed by atoms with E-state index in [1.54, 1.807) is 30.3 Å². The standard InChI is InChI=1S/C15H14F3N/c16-15(17,18)12-19(14-9-5-2-6-10-14)11-13-7-3-1-4-8-13/h1-10H,11-12H2. The van der Waals surface area contributed by atoms with Crippen LogP contribution in [0.5, 0.6) is 0 Å². The summed E-state index contributed by atoms with van der Waals surface area (Å²) in [6.07, 6.45) is -4.22. The van der Waals surface area contributed by atoms with Gasteiger partial charge in [0.25, 0.3) is 0 Å². The van der Waals surface area contributed by atoms with Crippen LogP contribution in [-0.4, -0.2) is 12.7 Å². The van der Waals surface area contributed by atoms with E-state index < -0.39 is 12.7 Å². The van der Waals surface area contributed by atoms with Crippen molar-refractivity contribution in [1.29, 1.82) is 0 Å². The lowest BCUT2D eigenvalue weighted by Gasteiger charge is -2.26. The Hall–Kier alpha value is -1.97. The molecule has 2 aromatic rings. The molecule has 0 aliphatic carbocycles. The van der Waals surface area contributed by atoms with Gasteiger partial charge in [-0.05, 0) is 17.7 Å². The SMILES string of the molecule is FC(F)(F)CN(Cc1ccccc1)c1ccccc1. The van der Waals surface area contributed by atoms with E-state index in [4.69, 9.17) is 0 Å². The highest BCUT2D eigenvalue weighted by Gasteiger charge is 2.30. The minimum Gasteiger partial charge on any atom is -0.358 e. The molecule has 0 spiro atoms. The summed E-state index contributed by atoms with van der Waals surface area (Å²) < 4.78 is 38.0. The van der Waals surface area contributed by atoms with E-state index in [0.717, 1.165) is 5.56 Å². The van der Waals surface area contributed by atoms with Gasteiger partial charge in [0.2, 0.25) is 0 Å². The topological polar surface area (TPSA) is 3.24 Å². The number of halogens is 3. The van der Waals surface area contributed by atoms with Gasteiger partial charge < -0.3 is 4.90 Å². The van der Waals surface area contributed by atoms with Gasteiger partial charge in [0, 0.05) is 12.2 Å². The van der Waals surface area contributed by atoms with Crippen molar-refractivity contribution in [2.24, 2.45) is 0 Å². The molecule has 2 rings (SSSR count). The van der Waals surface area contributed by atoms with Crippen molar-refractivity contribution in [2.45, 2.75) is 12.7 Å². The Bertz CT molecular complexity index is 494. The van der Waals surface area contributed by atoms with E-state index in [2.05, 4.69) is 0 Å². The molecular formula is C15H14F3N. The molecule has 0 saturated heterocycles. The van der Waals surface area contributed by atoms with Crippen molar-refractivity contribution < 1.29 is 13.2 Å². The molecule has 4 heteroatoms. The molecule has 2 aromatic carbocycles. The number of hydrogen-bond donors (Lipinski definition) is 0. The third kappa shape index (κ3) is 4.32. The lowest BCUT2D eigenvalue weighted by molar-refractivity contribution is -0.119. The third-order valence-corrected chi connectivity index (χ3v) is 2.71. The van der Waals surface area contributed by atoms with Crippen LogP contribution in [0.15, 0.2) is 60.7 Å². The van der Waals surface area contributed by atoms with E-state index in [1.807, 2.05) is 30.3 Å². The van der Waals surface area contributed by atoms with E-state index in [1.165, 1.54) is 4.90 Å². The smallest absolute Gasteiger partial charge is 0.358 e. The van der Waals surface area contributed by atoms with Gasteiger partial charge in [-0.1, -0.05) is 48.5 Å². The molecule has 0 aliphatic heterocycles. The van der Waals surface area contributed by atoms with Gasteiger partial charge in [0.1, 0.15) is 6.54 Å². The van der Waals surface area contributed by atoms with Crippen LogP contribution in [0.4, 0.5) is 18.9 Å². The van der Waals surface area contributed by atoms with E-state index in [0.29, 0.717) is 5.69 Å². The van der Waals surface area contributed by atoms with Crippen molar-refractivity contribution in [3.8, 4) is 0 Å². The second-order valence-electron chi connectivity index (χ2n) is 4.29. The Kier molecular flexibility index (Phi) is 4.10. The monoisotopic (exact) mass is 265 g/mol. The highest BCUT2D eigenvalue weighted by Crippen LogP contribution is 2.23. The number of hydrogen-bond acceptors (Lipinski definition) is 1. The fourth-order valence-electron chi connectivity index (χ4n) is 1.90. The van der Waals surface area contributed by atoms with Gasteiger partial charge in [-0.15, -0.1) is 0 Å². The highest BCUT2D eigenvalue weighted by molar-refractivity contribution is 5.46. The molecule has 0 aromatic heterocycles. The zero-order valence-electron chi connectivity index (χ0n) is 10.3. The number of nitrogens with zero attached hydrogens (tertiary/aromatic N) is 1. The van der Waals surface area contributed by atoms with E-state index >= 15 is 0 Å². The minimum absolute atomic E-state index is 0.240. The van der Waals surface area contributed by atoms with E-state index in [9.17, 15) is 13.2 Å². The predicted molar refractivity (Wildman–Crippen MR) is 70.0 cm³/mol. The van der Waals surface area contributed by atoms with Gasteiger partial charge in [-0.2, -0.15) is 13.2 Å². The molecule has 0 atom stereocenters. The van der Waals surface area contributed by atoms with Crippen LogP contribution in [0.2, 0.25) is 0 Å². The molecule has 0 heterocycles. The summed E-state index contributed by atoms with van der Waals surface area (Å²) in [5, 5.41) is 0. The van der Waals surface area contributed by atoms with Crippen LogP contribution in [0, 0.1) is 0 Å².